The first kappa shape index (κ1) is 23.5. The van der Waals surface area contributed by atoms with Crippen LogP contribution in [0.4, 0.5) is 21.0 Å². The summed E-state index contributed by atoms with van der Waals surface area (Å²) in [6.07, 6.45) is 1.39. The van der Waals surface area contributed by atoms with Crippen LogP contribution in [-0.2, 0) is 17.9 Å². The fourth-order valence-electron chi connectivity index (χ4n) is 2.74. The largest absolute Gasteiger partial charge is 0.465 e. The van der Waals surface area contributed by atoms with Crippen molar-refractivity contribution in [1.82, 2.24) is 14.5 Å². The lowest BCUT2D eigenvalue weighted by atomic mass is 10.2. The van der Waals surface area contributed by atoms with Crippen molar-refractivity contribution in [3.63, 3.8) is 0 Å². The van der Waals surface area contributed by atoms with Crippen LogP contribution in [-0.4, -0.2) is 47.6 Å². The molecule has 34 heavy (non-hydrogen) atoms. The number of nitrogens with zero attached hydrogens (tertiary/aromatic N) is 6. The molecule has 0 saturated heterocycles. The molecular weight excluding hydrogens is 452 g/mol. The zero-order valence-corrected chi connectivity index (χ0v) is 17.3. The summed E-state index contributed by atoms with van der Waals surface area (Å²) in [5.74, 6) is -0.336. The van der Waals surface area contributed by atoms with Gasteiger partial charge in [0.15, 0.2) is 0 Å². The Kier molecular flexibility index (Phi) is 7.23. The monoisotopic (exact) mass is 468 g/mol. The van der Waals surface area contributed by atoms with Crippen LogP contribution in [0.1, 0.15) is 11.1 Å². The lowest BCUT2D eigenvalue weighted by Crippen LogP contribution is -2.39. The molecule has 14 heteroatoms. The van der Waals surface area contributed by atoms with Gasteiger partial charge in [-0.15, -0.1) is 4.99 Å². The first-order valence-corrected chi connectivity index (χ1v) is 9.45. The number of hydrogen-bond donors (Lipinski definition) is 1. The Hall–Kier alpha value is -5.14. The van der Waals surface area contributed by atoms with Crippen LogP contribution < -0.4 is 0 Å². The summed E-state index contributed by atoms with van der Waals surface area (Å²) >= 11 is 0. The normalized spacial score (nSPS) is 11.0. The number of hydrogen-bond acceptors (Lipinski definition) is 8. The fourth-order valence-corrected chi connectivity index (χ4v) is 2.74. The summed E-state index contributed by atoms with van der Waals surface area (Å²) in [7, 11) is 0. The Balaban J connectivity index is 1.80. The molecule has 1 N–H and O–H groups in total. The number of amides is 2. The molecule has 2 amide bonds. The minimum Gasteiger partial charge on any atom is -0.465 e. The summed E-state index contributed by atoms with van der Waals surface area (Å²) in [4.78, 5) is 53.0. The Morgan fingerprint density at radius 2 is 1.56 bits per heavy atom. The van der Waals surface area contributed by atoms with Crippen molar-refractivity contribution in [2.24, 2.45) is 4.99 Å². The molecule has 0 bridgehead atoms. The predicted molar refractivity (Wildman–Crippen MR) is 115 cm³/mol. The molecule has 0 spiro atoms. The average Bonchev–Trinajstić information content (AvgIpc) is 3.35. The topological polar surface area (TPSA) is 183 Å². The smallest absolute Gasteiger partial charge is 0.437 e. The quantitative estimate of drug-likeness (QED) is 0.245. The number of carbonyl (C=O) groups excluding carboxylic acids is 1. The van der Waals surface area contributed by atoms with Gasteiger partial charge >= 0.3 is 12.2 Å². The van der Waals surface area contributed by atoms with Gasteiger partial charge in [0.25, 0.3) is 11.4 Å². The van der Waals surface area contributed by atoms with Gasteiger partial charge in [-0.3, -0.25) is 24.8 Å². The number of carboxylic acid groups (broad SMARTS) is 1. The number of nitro groups is 2. The third-order valence-electron chi connectivity index (χ3n) is 4.40. The number of nitro benzene ring substituents is 2. The van der Waals surface area contributed by atoms with Crippen molar-refractivity contribution in [2.75, 3.05) is 0 Å². The second-order valence-electron chi connectivity index (χ2n) is 6.65. The van der Waals surface area contributed by atoms with E-state index in [0.29, 0.717) is 11.1 Å². The molecule has 1 aromatic heterocycles. The zero-order valence-electron chi connectivity index (χ0n) is 17.3. The Morgan fingerprint density at radius 3 is 2.03 bits per heavy atom. The molecule has 0 saturated carbocycles. The lowest BCUT2D eigenvalue weighted by molar-refractivity contribution is -0.385. The predicted octanol–water partition coefficient (Wildman–Crippen LogP) is 3.42. The molecule has 0 fully saturated rings. The van der Waals surface area contributed by atoms with Crippen LogP contribution in [0.2, 0.25) is 0 Å². The van der Waals surface area contributed by atoms with Crippen molar-refractivity contribution in [3.05, 3.63) is 98.6 Å². The van der Waals surface area contributed by atoms with Crippen molar-refractivity contribution >= 4 is 29.5 Å². The number of non-ortho nitro benzene ring substituents is 2. The van der Waals surface area contributed by atoms with Gasteiger partial charge in [0.1, 0.15) is 12.9 Å². The molecule has 0 unspecified atom stereocenters. The van der Waals surface area contributed by atoms with Crippen molar-refractivity contribution in [2.45, 2.75) is 13.2 Å². The number of imidazole rings is 1. The van der Waals surface area contributed by atoms with E-state index in [4.69, 9.17) is 4.74 Å². The Morgan fingerprint density at radius 1 is 1.00 bits per heavy atom. The molecule has 14 nitrogen and oxygen atoms in total. The molecule has 0 aliphatic rings. The summed E-state index contributed by atoms with van der Waals surface area (Å²) < 4.78 is 6.24. The average molecular weight is 468 g/mol. The maximum absolute atomic E-state index is 12.3. The number of ether oxygens (including phenoxy) is 1. The van der Waals surface area contributed by atoms with Gasteiger partial charge in [-0.2, -0.15) is 0 Å². The number of aromatic nitrogens is 2. The molecular formula is C20H16N6O8. The van der Waals surface area contributed by atoms with Crippen LogP contribution in [0.15, 0.2) is 72.2 Å². The molecule has 2 aromatic carbocycles. The van der Waals surface area contributed by atoms with E-state index in [1.807, 2.05) is 0 Å². The van der Waals surface area contributed by atoms with Crippen molar-refractivity contribution < 1.29 is 29.3 Å². The van der Waals surface area contributed by atoms with Gasteiger partial charge in [-0.25, -0.2) is 19.5 Å². The second kappa shape index (κ2) is 10.4. The highest BCUT2D eigenvalue weighted by Crippen LogP contribution is 2.15. The molecule has 3 rings (SSSR count). The van der Waals surface area contributed by atoms with E-state index in [1.54, 1.807) is 0 Å². The van der Waals surface area contributed by atoms with E-state index >= 15 is 0 Å². The van der Waals surface area contributed by atoms with Gasteiger partial charge in [-0.05, 0) is 23.3 Å². The SMILES string of the molecule is O=C(N=C(N(Cc1ccc([N+](=O)[O-])cc1)C(=O)O)n1ccnc1)OCc1ccc([N+](=O)[O-])cc1. The highest BCUT2D eigenvalue weighted by Gasteiger charge is 2.23. The molecule has 0 aliphatic carbocycles. The number of rotatable bonds is 6. The zero-order chi connectivity index (χ0) is 24.7. The summed E-state index contributed by atoms with van der Waals surface area (Å²) in [6.45, 7) is -0.535. The van der Waals surface area contributed by atoms with Gasteiger partial charge in [-0.1, -0.05) is 12.1 Å². The molecule has 0 aliphatic heterocycles. The van der Waals surface area contributed by atoms with Gasteiger partial charge in [0.05, 0.1) is 16.4 Å². The molecule has 3 aromatic rings. The second-order valence-corrected chi connectivity index (χ2v) is 6.65. The minimum atomic E-state index is -1.45. The lowest BCUT2D eigenvalue weighted by Gasteiger charge is -2.21. The summed E-state index contributed by atoms with van der Waals surface area (Å²) in [5, 5.41) is 31.3. The van der Waals surface area contributed by atoms with Crippen LogP contribution in [0, 0.1) is 20.2 Å². The van der Waals surface area contributed by atoms with Crippen LogP contribution in [0.25, 0.3) is 0 Å². The van der Waals surface area contributed by atoms with E-state index in [0.717, 1.165) is 4.90 Å². The summed E-state index contributed by atoms with van der Waals surface area (Å²) in [5.41, 5.74) is 0.571. The Bertz CT molecular complexity index is 1220. The number of carbonyl (C=O) groups is 2. The highest BCUT2D eigenvalue weighted by atomic mass is 16.6. The first-order chi connectivity index (χ1) is 16.2. The van der Waals surface area contributed by atoms with E-state index in [2.05, 4.69) is 9.98 Å². The Labute approximate surface area is 190 Å². The minimum absolute atomic E-state index is 0.126. The fraction of sp³-hybridized carbons (Fsp3) is 0.100. The molecule has 0 atom stereocenters. The maximum atomic E-state index is 12.3. The third-order valence-corrected chi connectivity index (χ3v) is 4.40. The van der Waals surface area contributed by atoms with Crippen molar-refractivity contribution in [1.29, 1.82) is 0 Å². The van der Waals surface area contributed by atoms with Crippen molar-refractivity contribution in [3.8, 4) is 0 Å². The van der Waals surface area contributed by atoms with Crippen LogP contribution >= 0.6 is 0 Å². The van der Waals surface area contributed by atoms with Gasteiger partial charge < -0.3 is 9.84 Å². The van der Waals surface area contributed by atoms with Crippen LogP contribution in [0.5, 0.6) is 0 Å². The van der Waals surface area contributed by atoms with Gasteiger partial charge in [0, 0.05) is 36.7 Å². The number of benzene rings is 2. The van der Waals surface area contributed by atoms with E-state index in [9.17, 15) is 34.9 Å². The van der Waals surface area contributed by atoms with Gasteiger partial charge in [0.2, 0.25) is 5.96 Å². The maximum Gasteiger partial charge on any atom is 0.437 e. The third kappa shape index (κ3) is 5.97. The van der Waals surface area contributed by atoms with E-state index in [-0.39, 0.29) is 30.5 Å². The van der Waals surface area contributed by atoms with E-state index in [1.165, 1.54) is 71.8 Å². The number of aliphatic imine (C=N–C) groups is 1. The highest BCUT2D eigenvalue weighted by molar-refractivity contribution is 5.99. The summed E-state index contributed by atoms with van der Waals surface area (Å²) in [6, 6.07) is 10.5. The first-order valence-electron chi connectivity index (χ1n) is 9.45. The molecule has 1 heterocycles. The van der Waals surface area contributed by atoms with Crippen LogP contribution in [0.3, 0.4) is 0 Å². The molecule has 0 radical (unpaired) electrons. The molecule has 174 valence electrons. The standard InChI is InChI=1S/C20H16N6O8/c27-19(34-12-15-3-7-17(8-4-15)26(32)33)22-18(23-10-9-21-13-23)24(20(28)29)11-14-1-5-16(6-2-14)25(30)31/h1-10,13H,11-12H2,(H,28,29). The van der Waals surface area contributed by atoms with E-state index < -0.39 is 22.0 Å².